The van der Waals surface area contributed by atoms with Gasteiger partial charge in [-0.05, 0) is 25.2 Å². The van der Waals surface area contributed by atoms with Crippen molar-refractivity contribution in [3.05, 3.63) is 0 Å². The Bertz CT molecular complexity index is 196. The number of nitrogens with two attached hydrogens (primary N) is 1. The summed E-state index contributed by atoms with van der Waals surface area (Å²) < 4.78 is 0. The monoisotopic (exact) mass is 214 g/mol. The van der Waals surface area contributed by atoms with Crippen LogP contribution in [-0.2, 0) is 0 Å². The van der Waals surface area contributed by atoms with Crippen LogP contribution in [0.3, 0.4) is 0 Å². The Labute approximate surface area is 93.6 Å². The number of aliphatic hydroxyl groups is 1. The van der Waals surface area contributed by atoms with Crippen molar-refractivity contribution >= 4 is 0 Å². The third-order valence-corrected chi connectivity index (χ3v) is 3.66. The minimum atomic E-state index is 0.0720. The van der Waals surface area contributed by atoms with Crippen molar-refractivity contribution in [2.45, 2.75) is 52.2 Å². The van der Waals surface area contributed by atoms with Crippen LogP contribution in [0, 0.1) is 11.8 Å². The summed E-state index contributed by atoms with van der Waals surface area (Å²) in [6, 6.07) is 0.759. The van der Waals surface area contributed by atoms with Gasteiger partial charge in [0.05, 0.1) is 6.61 Å². The first-order chi connectivity index (χ1) is 6.97. The van der Waals surface area contributed by atoms with Gasteiger partial charge >= 0.3 is 0 Å². The number of rotatable bonds is 4. The molecule has 1 rings (SSSR count). The van der Waals surface area contributed by atoms with Crippen LogP contribution < -0.4 is 5.73 Å². The van der Waals surface area contributed by atoms with E-state index in [1.54, 1.807) is 0 Å². The van der Waals surface area contributed by atoms with E-state index in [0.717, 1.165) is 12.5 Å². The van der Waals surface area contributed by atoms with E-state index in [2.05, 4.69) is 32.6 Å². The second-order valence-corrected chi connectivity index (χ2v) is 5.46. The van der Waals surface area contributed by atoms with Crippen molar-refractivity contribution < 1.29 is 5.11 Å². The molecule has 1 fully saturated rings. The molecule has 90 valence electrons. The van der Waals surface area contributed by atoms with Gasteiger partial charge in [0.2, 0.25) is 0 Å². The summed E-state index contributed by atoms with van der Waals surface area (Å²) in [5.74, 6) is 1.15. The Balaban J connectivity index is 2.66. The van der Waals surface area contributed by atoms with Crippen molar-refractivity contribution in [1.82, 2.24) is 4.90 Å². The number of likely N-dealkylation sites (tertiary alicyclic amines) is 1. The van der Waals surface area contributed by atoms with Crippen LogP contribution in [-0.4, -0.2) is 41.3 Å². The molecule has 3 nitrogen and oxygen atoms in total. The first kappa shape index (κ1) is 12.9. The van der Waals surface area contributed by atoms with Gasteiger partial charge in [-0.1, -0.05) is 20.8 Å². The van der Waals surface area contributed by atoms with E-state index in [9.17, 15) is 5.11 Å². The fourth-order valence-corrected chi connectivity index (χ4v) is 2.69. The minimum Gasteiger partial charge on any atom is -0.395 e. The Morgan fingerprint density at radius 1 is 1.40 bits per heavy atom. The Kier molecular flexibility index (Phi) is 4.56. The maximum absolute atomic E-state index is 9.49. The highest BCUT2D eigenvalue weighted by molar-refractivity contribution is 4.91. The highest BCUT2D eigenvalue weighted by atomic mass is 16.3. The molecule has 0 saturated carbocycles. The highest BCUT2D eigenvalue weighted by Crippen LogP contribution is 2.26. The van der Waals surface area contributed by atoms with Gasteiger partial charge in [-0.2, -0.15) is 0 Å². The molecule has 4 unspecified atom stereocenters. The quantitative estimate of drug-likeness (QED) is 0.736. The zero-order valence-corrected chi connectivity index (χ0v) is 10.5. The van der Waals surface area contributed by atoms with Gasteiger partial charge < -0.3 is 10.8 Å². The second-order valence-electron chi connectivity index (χ2n) is 5.46. The van der Waals surface area contributed by atoms with Crippen LogP contribution in [0.1, 0.15) is 34.1 Å². The molecule has 1 aliphatic rings. The number of nitrogens with zero attached hydrogens (tertiary/aromatic N) is 1. The largest absolute Gasteiger partial charge is 0.395 e. The molecular formula is C12H26N2O. The van der Waals surface area contributed by atoms with E-state index in [4.69, 9.17) is 5.73 Å². The van der Waals surface area contributed by atoms with Gasteiger partial charge in [0.15, 0.2) is 0 Å². The Hall–Kier alpha value is -0.120. The summed E-state index contributed by atoms with van der Waals surface area (Å²) in [5, 5.41) is 9.49. The summed E-state index contributed by atoms with van der Waals surface area (Å²) in [7, 11) is 0. The van der Waals surface area contributed by atoms with Crippen molar-refractivity contribution in [3.8, 4) is 0 Å². The maximum Gasteiger partial charge on any atom is 0.0602 e. The lowest BCUT2D eigenvalue weighted by Crippen LogP contribution is -2.53. The SMILES string of the molecule is CC1CC(C)N(C(CO)C(N)C(C)C)C1. The molecule has 1 aliphatic heterocycles. The van der Waals surface area contributed by atoms with Crippen LogP contribution in [0.5, 0.6) is 0 Å². The first-order valence-corrected chi connectivity index (χ1v) is 6.09. The molecule has 1 heterocycles. The van der Waals surface area contributed by atoms with Gasteiger partial charge in [-0.15, -0.1) is 0 Å². The van der Waals surface area contributed by atoms with Gasteiger partial charge in [0.1, 0.15) is 0 Å². The third kappa shape index (κ3) is 2.92. The normalized spacial score (nSPS) is 32.2. The fraction of sp³-hybridized carbons (Fsp3) is 1.00. The molecule has 15 heavy (non-hydrogen) atoms. The van der Waals surface area contributed by atoms with E-state index in [-0.39, 0.29) is 18.7 Å². The van der Waals surface area contributed by atoms with Gasteiger partial charge in [-0.25, -0.2) is 0 Å². The van der Waals surface area contributed by atoms with Crippen molar-refractivity contribution in [1.29, 1.82) is 0 Å². The van der Waals surface area contributed by atoms with Crippen LogP contribution in [0.25, 0.3) is 0 Å². The summed E-state index contributed by atoms with van der Waals surface area (Å²) >= 11 is 0. The van der Waals surface area contributed by atoms with E-state index >= 15 is 0 Å². The van der Waals surface area contributed by atoms with Crippen molar-refractivity contribution in [2.24, 2.45) is 17.6 Å². The summed E-state index contributed by atoms with van der Waals surface area (Å²) in [6.45, 7) is 10.0. The molecule has 1 saturated heterocycles. The molecule has 0 aromatic carbocycles. The van der Waals surface area contributed by atoms with Gasteiger partial charge in [-0.3, -0.25) is 4.90 Å². The van der Waals surface area contributed by atoms with Crippen LogP contribution >= 0.6 is 0 Å². The minimum absolute atomic E-state index is 0.0720. The highest BCUT2D eigenvalue weighted by Gasteiger charge is 2.35. The zero-order valence-electron chi connectivity index (χ0n) is 10.5. The molecular weight excluding hydrogens is 188 g/mol. The molecule has 0 bridgehead atoms. The molecule has 3 N–H and O–H groups in total. The number of hydrogen-bond donors (Lipinski definition) is 2. The predicted octanol–water partition coefficient (Wildman–Crippen LogP) is 1.06. The van der Waals surface area contributed by atoms with Crippen LogP contribution in [0.2, 0.25) is 0 Å². The smallest absolute Gasteiger partial charge is 0.0602 e. The molecule has 0 aromatic rings. The molecule has 0 aliphatic carbocycles. The third-order valence-electron chi connectivity index (χ3n) is 3.66. The first-order valence-electron chi connectivity index (χ1n) is 6.09. The maximum atomic E-state index is 9.49. The Morgan fingerprint density at radius 2 is 2.00 bits per heavy atom. The van der Waals surface area contributed by atoms with Crippen LogP contribution in [0.15, 0.2) is 0 Å². The van der Waals surface area contributed by atoms with E-state index in [0.29, 0.717) is 12.0 Å². The Morgan fingerprint density at radius 3 is 2.33 bits per heavy atom. The van der Waals surface area contributed by atoms with E-state index in [1.165, 1.54) is 6.42 Å². The average molecular weight is 214 g/mol. The predicted molar refractivity (Wildman–Crippen MR) is 63.6 cm³/mol. The lowest BCUT2D eigenvalue weighted by Gasteiger charge is -2.36. The second kappa shape index (κ2) is 5.28. The molecule has 0 amide bonds. The standard InChI is InChI=1S/C12H26N2O/c1-8(2)12(13)11(7-15)14-6-9(3)5-10(14)4/h8-12,15H,5-7,13H2,1-4H3. The van der Waals surface area contributed by atoms with Gasteiger partial charge in [0.25, 0.3) is 0 Å². The lowest BCUT2D eigenvalue weighted by molar-refractivity contribution is 0.0852. The average Bonchev–Trinajstić information content (AvgIpc) is 2.47. The summed E-state index contributed by atoms with van der Waals surface area (Å²) in [6.07, 6.45) is 1.22. The molecule has 0 radical (unpaired) electrons. The molecule has 3 heteroatoms. The molecule has 0 spiro atoms. The molecule has 4 atom stereocenters. The molecule has 0 aromatic heterocycles. The zero-order chi connectivity index (χ0) is 11.6. The summed E-state index contributed by atoms with van der Waals surface area (Å²) in [5.41, 5.74) is 6.16. The number of hydrogen-bond acceptors (Lipinski definition) is 3. The van der Waals surface area contributed by atoms with Crippen LogP contribution in [0.4, 0.5) is 0 Å². The number of aliphatic hydroxyl groups excluding tert-OH is 1. The van der Waals surface area contributed by atoms with Crippen molar-refractivity contribution in [2.75, 3.05) is 13.2 Å². The van der Waals surface area contributed by atoms with Crippen molar-refractivity contribution in [3.63, 3.8) is 0 Å². The van der Waals surface area contributed by atoms with E-state index in [1.807, 2.05) is 0 Å². The fourth-order valence-electron chi connectivity index (χ4n) is 2.69. The topological polar surface area (TPSA) is 49.5 Å². The van der Waals surface area contributed by atoms with Gasteiger partial charge in [0, 0.05) is 24.7 Å². The lowest BCUT2D eigenvalue weighted by atomic mass is 9.96. The van der Waals surface area contributed by atoms with E-state index < -0.39 is 0 Å². The summed E-state index contributed by atoms with van der Waals surface area (Å²) in [4.78, 5) is 2.38.